The number of amides is 1. The van der Waals surface area contributed by atoms with Gasteiger partial charge in [0.05, 0.1) is 12.1 Å². The van der Waals surface area contributed by atoms with E-state index in [-0.39, 0.29) is 18.1 Å². The summed E-state index contributed by atoms with van der Waals surface area (Å²) < 4.78 is 5.62. The normalized spacial score (nSPS) is 18.8. The predicted octanol–water partition coefficient (Wildman–Crippen LogP) is 4.01. The van der Waals surface area contributed by atoms with E-state index >= 15 is 0 Å². The van der Waals surface area contributed by atoms with Crippen LogP contribution in [0, 0.1) is 5.92 Å². The molecule has 0 saturated heterocycles. The molecule has 1 amide bonds. The van der Waals surface area contributed by atoms with Gasteiger partial charge < -0.3 is 10.1 Å². The van der Waals surface area contributed by atoms with Gasteiger partial charge in [-0.15, -0.1) is 0 Å². The average molecular weight is 287 g/mol. The lowest BCUT2D eigenvalue weighted by Gasteiger charge is -2.17. The van der Waals surface area contributed by atoms with Crippen LogP contribution >= 0.6 is 0 Å². The van der Waals surface area contributed by atoms with Gasteiger partial charge in [-0.2, -0.15) is 0 Å². The molecule has 2 rings (SSSR count). The minimum absolute atomic E-state index is 0.0241. The van der Waals surface area contributed by atoms with E-state index in [0.29, 0.717) is 12.3 Å². The molecule has 0 radical (unpaired) electrons. The Hall–Kier alpha value is -1.77. The lowest BCUT2D eigenvalue weighted by atomic mass is 10.0. The molecular formula is C18H25NO2. The molecule has 114 valence electrons. The molecule has 0 bridgehead atoms. The number of rotatable bonds is 6. The summed E-state index contributed by atoms with van der Waals surface area (Å²) in [6.45, 7) is 6.03. The number of hydrogen-bond donors (Lipinski definition) is 1. The third-order valence-electron chi connectivity index (χ3n) is 3.69. The summed E-state index contributed by atoms with van der Waals surface area (Å²) in [5.74, 6) is 1.41. The molecule has 0 spiro atoms. The Bertz CT molecular complexity index is 490. The fourth-order valence-electron chi connectivity index (χ4n) is 2.59. The summed E-state index contributed by atoms with van der Waals surface area (Å²) in [6.07, 6.45) is 7.29. The monoisotopic (exact) mass is 287 g/mol. The largest absolute Gasteiger partial charge is 0.491 e. The van der Waals surface area contributed by atoms with Crippen molar-refractivity contribution < 1.29 is 9.53 Å². The van der Waals surface area contributed by atoms with Gasteiger partial charge in [0.25, 0.3) is 0 Å². The van der Waals surface area contributed by atoms with Gasteiger partial charge in [0.1, 0.15) is 5.75 Å². The van der Waals surface area contributed by atoms with Gasteiger partial charge in [0.15, 0.2) is 0 Å². The van der Waals surface area contributed by atoms with Crippen molar-refractivity contribution in [3.8, 4) is 5.75 Å². The van der Waals surface area contributed by atoms with Crippen LogP contribution in [0.15, 0.2) is 36.4 Å². The van der Waals surface area contributed by atoms with Crippen LogP contribution in [-0.4, -0.2) is 12.0 Å². The SMILES string of the molecule is CC(C)Oc1ccc(C(C)NC(=O)CC2C=CCC2)cc1. The second-order valence-electron chi connectivity index (χ2n) is 5.99. The Morgan fingerprint density at radius 3 is 2.57 bits per heavy atom. The molecule has 3 heteroatoms. The van der Waals surface area contributed by atoms with Crippen molar-refractivity contribution in [1.82, 2.24) is 5.32 Å². The van der Waals surface area contributed by atoms with Crippen molar-refractivity contribution in [2.45, 2.75) is 52.2 Å². The lowest BCUT2D eigenvalue weighted by Crippen LogP contribution is -2.27. The number of benzene rings is 1. The molecule has 2 atom stereocenters. The fourth-order valence-corrected chi connectivity index (χ4v) is 2.59. The van der Waals surface area contributed by atoms with Crippen molar-refractivity contribution in [3.63, 3.8) is 0 Å². The Balaban J connectivity index is 1.85. The maximum absolute atomic E-state index is 12.0. The highest BCUT2D eigenvalue weighted by Gasteiger charge is 2.16. The average Bonchev–Trinajstić information content (AvgIpc) is 2.91. The van der Waals surface area contributed by atoms with Crippen LogP contribution < -0.4 is 10.1 Å². The highest BCUT2D eigenvalue weighted by atomic mass is 16.5. The first-order valence-corrected chi connectivity index (χ1v) is 7.77. The predicted molar refractivity (Wildman–Crippen MR) is 85.2 cm³/mol. The van der Waals surface area contributed by atoms with E-state index in [2.05, 4.69) is 17.5 Å². The van der Waals surface area contributed by atoms with E-state index in [0.717, 1.165) is 24.2 Å². The number of carbonyl (C=O) groups is 1. The number of carbonyl (C=O) groups excluding carboxylic acids is 1. The lowest BCUT2D eigenvalue weighted by molar-refractivity contribution is -0.122. The van der Waals surface area contributed by atoms with Crippen LogP contribution in [0.2, 0.25) is 0 Å². The van der Waals surface area contributed by atoms with Crippen molar-refractivity contribution >= 4 is 5.91 Å². The summed E-state index contributed by atoms with van der Waals surface area (Å²) >= 11 is 0. The second kappa shape index (κ2) is 7.30. The van der Waals surface area contributed by atoms with E-state index < -0.39 is 0 Å². The molecule has 1 aromatic carbocycles. The highest BCUT2D eigenvalue weighted by Crippen LogP contribution is 2.22. The molecule has 1 aromatic rings. The summed E-state index contributed by atoms with van der Waals surface area (Å²) in [5, 5.41) is 3.07. The molecule has 0 aromatic heterocycles. The molecule has 1 aliphatic rings. The minimum Gasteiger partial charge on any atom is -0.491 e. The van der Waals surface area contributed by atoms with Crippen LogP contribution in [0.3, 0.4) is 0 Å². The zero-order valence-corrected chi connectivity index (χ0v) is 13.1. The molecule has 2 unspecified atom stereocenters. The molecule has 1 N–H and O–H groups in total. The van der Waals surface area contributed by atoms with Gasteiger partial charge in [0, 0.05) is 6.42 Å². The summed E-state index contributed by atoms with van der Waals surface area (Å²) in [6, 6.07) is 7.96. The van der Waals surface area contributed by atoms with Crippen LogP contribution in [0.5, 0.6) is 5.75 Å². The summed E-state index contributed by atoms with van der Waals surface area (Å²) in [7, 11) is 0. The van der Waals surface area contributed by atoms with Crippen molar-refractivity contribution in [2.75, 3.05) is 0 Å². The number of allylic oxidation sites excluding steroid dienone is 2. The molecule has 0 heterocycles. The van der Waals surface area contributed by atoms with E-state index in [1.807, 2.05) is 45.0 Å². The van der Waals surface area contributed by atoms with Crippen LogP contribution in [-0.2, 0) is 4.79 Å². The van der Waals surface area contributed by atoms with Crippen molar-refractivity contribution in [2.24, 2.45) is 5.92 Å². The Kier molecular flexibility index (Phi) is 5.43. The minimum atomic E-state index is 0.0241. The van der Waals surface area contributed by atoms with Crippen molar-refractivity contribution in [3.05, 3.63) is 42.0 Å². The number of ether oxygens (including phenoxy) is 1. The van der Waals surface area contributed by atoms with E-state index in [1.165, 1.54) is 0 Å². The maximum Gasteiger partial charge on any atom is 0.221 e. The van der Waals surface area contributed by atoms with Gasteiger partial charge in [-0.3, -0.25) is 4.79 Å². The molecule has 0 aliphatic heterocycles. The van der Waals surface area contributed by atoms with E-state index in [9.17, 15) is 4.79 Å². The molecular weight excluding hydrogens is 262 g/mol. The Labute approximate surface area is 127 Å². The molecule has 21 heavy (non-hydrogen) atoms. The third-order valence-corrected chi connectivity index (χ3v) is 3.69. The highest BCUT2D eigenvalue weighted by molar-refractivity contribution is 5.77. The topological polar surface area (TPSA) is 38.3 Å². The molecule has 0 fully saturated rings. The quantitative estimate of drug-likeness (QED) is 0.803. The first kappa shape index (κ1) is 15.6. The van der Waals surface area contributed by atoms with Gasteiger partial charge in [0.2, 0.25) is 5.91 Å². The van der Waals surface area contributed by atoms with Gasteiger partial charge in [-0.25, -0.2) is 0 Å². The zero-order chi connectivity index (χ0) is 15.2. The number of hydrogen-bond acceptors (Lipinski definition) is 2. The van der Waals surface area contributed by atoms with Gasteiger partial charge >= 0.3 is 0 Å². The summed E-state index contributed by atoms with van der Waals surface area (Å²) in [4.78, 5) is 12.0. The van der Waals surface area contributed by atoms with Gasteiger partial charge in [-0.05, 0) is 57.2 Å². The second-order valence-corrected chi connectivity index (χ2v) is 5.99. The Morgan fingerprint density at radius 1 is 1.29 bits per heavy atom. The first-order chi connectivity index (χ1) is 10.0. The van der Waals surface area contributed by atoms with Gasteiger partial charge in [-0.1, -0.05) is 24.3 Å². The van der Waals surface area contributed by atoms with E-state index in [1.54, 1.807) is 0 Å². The third kappa shape index (κ3) is 4.92. The standard InChI is InChI=1S/C18H25NO2/c1-13(2)21-17-10-8-16(9-11-17)14(3)19-18(20)12-15-6-4-5-7-15/h4,6,8-11,13-15H,5,7,12H2,1-3H3,(H,19,20). The van der Waals surface area contributed by atoms with Crippen LogP contribution in [0.4, 0.5) is 0 Å². The maximum atomic E-state index is 12.0. The fraction of sp³-hybridized carbons (Fsp3) is 0.500. The Morgan fingerprint density at radius 2 is 2.00 bits per heavy atom. The molecule has 0 saturated carbocycles. The zero-order valence-electron chi connectivity index (χ0n) is 13.1. The van der Waals surface area contributed by atoms with E-state index in [4.69, 9.17) is 4.74 Å². The smallest absolute Gasteiger partial charge is 0.221 e. The first-order valence-electron chi connectivity index (χ1n) is 7.77. The number of nitrogens with one attached hydrogen (secondary N) is 1. The van der Waals surface area contributed by atoms with Crippen molar-refractivity contribution in [1.29, 1.82) is 0 Å². The molecule has 1 aliphatic carbocycles. The van der Waals surface area contributed by atoms with Crippen LogP contribution in [0.25, 0.3) is 0 Å². The molecule has 3 nitrogen and oxygen atoms in total. The summed E-state index contributed by atoms with van der Waals surface area (Å²) in [5.41, 5.74) is 1.10. The van der Waals surface area contributed by atoms with Crippen LogP contribution in [0.1, 0.15) is 51.6 Å².